The van der Waals surface area contributed by atoms with Crippen molar-refractivity contribution < 1.29 is 14.3 Å². The number of rotatable bonds is 12. The number of carbonyl (C=O) groups is 2. The number of carbonyl (C=O) groups excluding carboxylic acids is 2. The van der Waals surface area contributed by atoms with E-state index in [1.807, 2.05) is 48.5 Å². The van der Waals surface area contributed by atoms with Gasteiger partial charge in [0.2, 0.25) is 11.8 Å². The van der Waals surface area contributed by atoms with Crippen LogP contribution in [0, 0.1) is 0 Å². The van der Waals surface area contributed by atoms with Crippen molar-refractivity contribution in [2.45, 2.75) is 45.0 Å². The number of halogens is 1. The Balaban J connectivity index is 2.02. The zero-order valence-corrected chi connectivity index (χ0v) is 20.8. The molecule has 0 unspecified atom stereocenters. The summed E-state index contributed by atoms with van der Waals surface area (Å²) in [6.45, 7) is 4.90. The molecule has 0 heterocycles. The Kier molecular flexibility index (Phi) is 10.9. The van der Waals surface area contributed by atoms with Gasteiger partial charge in [0.1, 0.15) is 11.8 Å². The van der Waals surface area contributed by atoms with Crippen molar-refractivity contribution in [3.63, 3.8) is 0 Å². The molecule has 0 bridgehead atoms. The minimum Gasteiger partial charge on any atom is -0.497 e. The minimum atomic E-state index is -0.537. The lowest BCUT2D eigenvalue weighted by atomic mass is 10.1. The number of methoxy groups -OCH3 is 1. The quantitative estimate of drug-likeness (QED) is 0.410. The van der Waals surface area contributed by atoms with E-state index in [-0.39, 0.29) is 11.8 Å². The molecule has 0 aliphatic heterocycles. The molecule has 0 aromatic heterocycles. The fourth-order valence-electron chi connectivity index (χ4n) is 3.01. The molecule has 2 rings (SSSR count). The van der Waals surface area contributed by atoms with Gasteiger partial charge in [-0.3, -0.25) is 9.59 Å². The van der Waals surface area contributed by atoms with Gasteiger partial charge < -0.3 is 15.0 Å². The molecule has 7 heteroatoms. The standard InChI is InChI=1S/C24H31BrN2O3S/c1-4-5-13-26-24(29)18(2)27(15-20-7-6-8-21(25)14-20)23(28)17-31-16-19-9-11-22(30-3)12-10-19/h6-12,14,18H,4-5,13,15-17H2,1-3H3,(H,26,29)/t18-/m0/s1. The van der Waals surface area contributed by atoms with Crippen molar-refractivity contribution in [2.75, 3.05) is 19.4 Å². The van der Waals surface area contributed by atoms with Crippen LogP contribution in [0.25, 0.3) is 0 Å². The van der Waals surface area contributed by atoms with E-state index in [0.717, 1.165) is 39.9 Å². The number of hydrogen-bond donors (Lipinski definition) is 1. The third-order valence-corrected chi connectivity index (χ3v) is 6.37. The van der Waals surface area contributed by atoms with Gasteiger partial charge >= 0.3 is 0 Å². The normalized spacial score (nSPS) is 11.6. The number of thioether (sulfide) groups is 1. The van der Waals surface area contributed by atoms with Gasteiger partial charge in [-0.15, -0.1) is 11.8 Å². The van der Waals surface area contributed by atoms with E-state index < -0.39 is 6.04 Å². The summed E-state index contributed by atoms with van der Waals surface area (Å²) in [4.78, 5) is 27.4. The van der Waals surface area contributed by atoms with E-state index >= 15 is 0 Å². The van der Waals surface area contributed by atoms with Crippen molar-refractivity contribution in [1.29, 1.82) is 0 Å². The van der Waals surface area contributed by atoms with Gasteiger partial charge in [0.25, 0.3) is 0 Å². The van der Waals surface area contributed by atoms with Crippen LogP contribution in [0.3, 0.4) is 0 Å². The predicted molar refractivity (Wildman–Crippen MR) is 131 cm³/mol. The lowest BCUT2D eigenvalue weighted by Crippen LogP contribution is -2.48. The molecule has 0 aliphatic carbocycles. The molecule has 1 N–H and O–H groups in total. The largest absolute Gasteiger partial charge is 0.497 e. The van der Waals surface area contributed by atoms with Gasteiger partial charge in [0.15, 0.2) is 0 Å². The molecule has 0 aliphatic rings. The van der Waals surface area contributed by atoms with Crippen molar-refractivity contribution in [3.05, 3.63) is 64.1 Å². The zero-order valence-electron chi connectivity index (χ0n) is 18.4. The highest BCUT2D eigenvalue weighted by Gasteiger charge is 2.25. The van der Waals surface area contributed by atoms with E-state index in [1.54, 1.807) is 30.7 Å². The van der Waals surface area contributed by atoms with Gasteiger partial charge in [-0.25, -0.2) is 0 Å². The van der Waals surface area contributed by atoms with Gasteiger partial charge in [0.05, 0.1) is 12.9 Å². The van der Waals surface area contributed by atoms with Crippen LogP contribution in [0.4, 0.5) is 0 Å². The van der Waals surface area contributed by atoms with Crippen LogP contribution < -0.4 is 10.1 Å². The fraction of sp³-hybridized carbons (Fsp3) is 0.417. The molecule has 2 aromatic rings. The van der Waals surface area contributed by atoms with E-state index in [2.05, 4.69) is 28.2 Å². The third-order valence-electron chi connectivity index (χ3n) is 4.89. The lowest BCUT2D eigenvalue weighted by Gasteiger charge is -2.29. The van der Waals surface area contributed by atoms with Crippen LogP contribution in [0.15, 0.2) is 53.0 Å². The summed E-state index contributed by atoms with van der Waals surface area (Å²) in [7, 11) is 1.64. The van der Waals surface area contributed by atoms with Crippen molar-refractivity contribution in [1.82, 2.24) is 10.2 Å². The Morgan fingerprint density at radius 1 is 1.16 bits per heavy atom. The van der Waals surface area contributed by atoms with Crippen LogP contribution in [0.5, 0.6) is 5.75 Å². The Bertz CT molecular complexity index is 845. The molecular formula is C24H31BrN2O3S. The van der Waals surface area contributed by atoms with Crippen molar-refractivity contribution >= 4 is 39.5 Å². The minimum absolute atomic E-state index is 0.0448. The Labute approximate surface area is 198 Å². The molecule has 2 amide bonds. The summed E-state index contributed by atoms with van der Waals surface area (Å²) in [5, 5.41) is 2.95. The maximum Gasteiger partial charge on any atom is 0.242 e. The topological polar surface area (TPSA) is 58.6 Å². The highest BCUT2D eigenvalue weighted by atomic mass is 79.9. The first kappa shape index (κ1) is 25.3. The van der Waals surface area contributed by atoms with Crippen LogP contribution in [-0.4, -0.2) is 42.2 Å². The number of nitrogens with one attached hydrogen (secondary N) is 1. The number of unbranched alkanes of at least 4 members (excludes halogenated alkanes) is 1. The highest BCUT2D eigenvalue weighted by Crippen LogP contribution is 2.19. The summed E-state index contributed by atoms with van der Waals surface area (Å²) in [6.07, 6.45) is 1.94. The maximum atomic E-state index is 13.1. The third kappa shape index (κ3) is 8.57. The van der Waals surface area contributed by atoms with Gasteiger partial charge in [0, 0.05) is 23.3 Å². The number of nitrogens with zero attached hydrogens (tertiary/aromatic N) is 1. The van der Waals surface area contributed by atoms with E-state index in [1.165, 1.54) is 0 Å². The predicted octanol–water partition coefficient (Wildman–Crippen LogP) is 5.02. The second kappa shape index (κ2) is 13.4. The van der Waals surface area contributed by atoms with Gasteiger partial charge in [-0.05, 0) is 48.7 Å². The first-order valence-electron chi connectivity index (χ1n) is 10.5. The monoisotopic (exact) mass is 506 g/mol. The second-order valence-electron chi connectivity index (χ2n) is 7.31. The van der Waals surface area contributed by atoms with Gasteiger partial charge in [-0.2, -0.15) is 0 Å². The molecule has 1 atom stereocenters. The van der Waals surface area contributed by atoms with Crippen molar-refractivity contribution in [3.8, 4) is 5.75 Å². The molecule has 5 nitrogen and oxygen atoms in total. The first-order valence-corrected chi connectivity index (χ1v) is 12.4. The summed E-state index contributed by atoms with van der Waals surface area (Å²) in [5.41, 5.74) is 2.11. The fourth-order valence-corrected chi connectivity index (χ4v) is 4.33. The van der Waals surface area contributed by atoms with Gasteiger partial charge in [-0.1, -0.05) is 53.5 Å². The zero-order chi connectivity index (χ0) is 22.6. The number of hydrogen-bond acceptors (Lipinski definition) is 4. The van der Waals surface area contributed by atoms with E-state index in [4.69, 9.17) is 4.74 Å². The van der Waals surface area contributed by atoms with Crippen LogP contribution >= 0.6 is 27.7 Å². The molecule has 0 radical (unpaired) electrons. The summed E-state index contributed by atoms with van der Waals surface area (Å²) in [5.74, 6) is 1.69. The average Bonchev–Trinajstić information content (AvgIpc) is 2.77. The molecule has 0 saturated heterocycles. The number of ether oxygens (including phenoxy) is 1. The molecule has 31 heavy (non-hydrogen) atoms. The molecule has 0 spiro atoms. The highest BCUT2D eigenvalue weighted by molar-refractivity contribution is 9.10. The molecule has 0 fully saturated rings. The molecule has 168 valence electrons. The Hall–Kier alpha value is -1.99. The first-order chi connectivity index (χ1) is 14.9. The molecule has 0 saturated carbocycles. The average molecular weight is 507 g/mol. The second-order valence-corrected chi connectivity index (χ2v) is 9.21. The van der Waals surface area contributed by atoms with E-state index in [0.29, 0.717) is 18.8 Å². The number of benzene rings is 2. The van der Waals surface area contributed by atoms with Crippen LogP contribution in [0.2, 0.25) is 0 Å². The van der Waals surface area contributed by atoms with Crippen LogP contribution in [0.1, 0.15) is 37.8 Å². The smallest absolute Gasteiger partial charge is 0.242 e. The number of amides is 2. The van der Waals surface area contributed by atoms with E-state index in [9.17, 15) is 9.59 Å². The summed E-state index contributed by atoms with van der Waals surface area (Å²) < 4.78 is 6.13. The summed E-state index contributed by atoms with van der Waals surface area (Å²) >= 11 is 5.03. The Morgan fingerprint density at radius 3 is 2.55 bits per heavy atom. The summed E-state index contributed by atoms with van der Waals surface area (Å²) in [6, 6.07) is 15.1. The maximum absolute atomic E-state index is 13.1. The molecular weight excluding hydrogens is 476 g/mol. The lowest BCUT2D eigenvalue weighted by molar-refractivity contribution is -0.138. The van der Waals surface area contributed by atoms with Crippen molar-refractivity contribution in [2.24, 2.45) is 0 Å². The Morgan fingerprint density at radius 2 is 1.90 bits per heavy atom. The van der Waals surface area contributed by atoms with Crippen LogP contribution in [-0.2, 0) is 21.9 Å². The molecule has 2 aromatic carbocycles. The SMILES string of the molecule is CCCCNC(=O)[C@H](C)N(Cc1cccc(Br)c1)C(=O)CSCc1ccc(OC)cc1.